The van der Waals surface area contributed by atoms with E-state index >= 15 is 0 Å². The van der Waals surface area contributed by atoms with E-state index in [4.69, 9.17) is 18.9 Å². The van der Waals surface area contributed by atoms with Gasteiger partial charge in [-0.1, -0.05) is 0 Å². The normalized spacial score (nSPS) is 54.4. The van der Waals surface area contributed by atoms with Gasteiger partial charge < -0.3 is 59.8 Å². The first-order chi connectivity index (χ1) is 17.6. The summed E-state index contributed by atoms with van der Waals surface area (Å²) in [4.78, 5) is 12.0. The molecule has 3 heterocycles. The highest BCUT2D eigenvalue weighted by molar-refractivity contribution is 5.72. The monoisotopic (exact) mass is 535 g/mol. The van der Waals surface area contributed by atoms with E-state index < -0.39 is 91.9 Å². The van der Waals surface area contributed by atoms with E-state index in [1.165, 1.54) is 0 Å². The number of hydrogen-bond acceptors (Lipinski definition) is 11. The first-order valence-electron chi connectivity index (χ1n) is 13.2. The van der Waals surface area contributed by atoms with Gasteiger partial charge in [-0.15, -0.1) is 0 Å². The third-order valence-electron chi connectivity index (χ3n) is 9.05. The van der Waals surface area contributed by atoms with Crippen LogP contribution in [0.2, 0.25) is 0 Å². The minimum Gasteiger partial charge on any atom is -0.479 e. The molecule has 3 aliphatic heterocycles. The Morgan fingerprint density at radius 1 is 0.892 bits per heavy atom. The molecule has 0 aromatic rings. The lowest BCUT2D eigenvalue weighted by molar-refractivity contribution is -0.379. The molecular weight excluding hydrogens is 496 g/mol. The zero-order valence-corrected chi connectivity index (χ0v) is 20.3. The van der Waals surface area contributed by atoms with E-state index in [1.54, 1.807) is 0 Å². The second-order valence-corrected chi connectivity index (χ2v) is 11.3. The molecule has 16 atom stereocenters. The Morgan fingerprint density at radius 2 is 1.65 bits per heavy atom. The maximum absolute atomic E-state index is 12.0. The standard InChI is InChI=1S/C24H38O13/c25-7-16-18(29)19(30)20(31)24(36-16)37-22-10-6-15(23(32)33)34-13-4-9(26)5-14(17(10)13)35-21(22)8-1-2-11(27)12(28)3-8/h8-22,24-31H,1-7H2,(H,32,33)/p+1/t8?,9?,10?,11?,12?,13?,14?,15?,16-,17?,18-,19+,20-,21?,22?,24+/m1/s1. The summed E-state index contributed by atoms with van der Waals surface area (Å²) in [7, 11) is 0. The van der Waals surface area contributed by atoms with E-state index in [0.29, 0.717) is 19.3 Å². The molecule has 5 fully saturated rings. The SMILES string of the molecule is O=C(O)C1CC2C(O[C@@H]3O[C@H](CO)[C@@H](O)[C@H](O)[C@H]3O)C(C3CCC(O)C(O)C3)[OH+]C3CC(O)CC(O1)C32. The number of carbonyl (C=O) groups is 1. The highest BCUT2D eigenvalue weighted by atomic mass is 16.7. The second-order valence-electron chi connectivity index (χ2n) is 11.3. The number of aliphatic carboxylic acids is 1. The quantitative estimate of drug-likeness (QED) is 0.162. The topological polar surface area (TPSA) is 219 Å². The molecule has 9 N–H and O–H groups in total. The molecule has 13 nitrogen and oxygen atoms in total. The van der Waals surface area contributed by atoms with Crippen molar-refractivity contribution in [1.29, 1.82) is 0 Å². The van der Waals surface area contributed by atoms with Crippen molar-refractivity contribution in [2.24, 2.45) is 17.8 Å². The molecule has 0 amide bonds. The molecule has 0 bridgehead atoms. The highest BCUT2D eigenvalue weighted by Crippen LogP contribution is 2.50. The van der Waals surface area contributed by atoms with E-state index in [-0.39, 0.29) is 37.2 Å². The maximum atomic E-state index is 12.0. The van der Waals surface area contributed by atoms with Gasteiger partial charge in [0.25, 0.3) is 0 Å². The predicted octanol–water partition coefficient (Wildman–Crippen LogP) is -3.40. The Labute approximate surface area is 213 Å². The first kappa shape index (κ1) is 27.6. The van der Waals surface area contributed by atoms with Gasteiger partial charge in [0.1, 0.15) is 30.5 Å². The van der Waals surface area contributed by atoms with Crippen molar-refractivity contribution in [3.63, 3.8) is 0 Å². The summed E-state index contributed by atoms with van der Waals surface area (Å²) in [6, 6.07) is 0. The average molecular weight is 536 g/mol. The van der Waals surface area contributed by atoms with Gasteiger partial charge in [0.15, 0.2) is 24.6 Å². The zero-order valence-electron chi connectivity index (χ0n) is 20.3. The van der Waals surface area contributed by atoms with Crippen LogP contribution in [-0.2, 0) is 19.0 Å². The van der Waals surface area contributed by atoms with E-state index in [2.05, 4.69) is 0 Å². The lowest BCUT2D eigenvalue weighted by atomic mass is 9.64. The van der Waals surface area contributed by atoms with Gasteiger partial charge in [0, 0.05) is 24.7 Å². The molecule has 37 heavy (non-hydrogen) atoms. The highest BCUT2D eigenvalue weighted by Gasteiger charge is 2.62. The summed E-state index contributed by atoms with van der Waals surface area (Å²) < 4.78 is 22.8. The second kappa shape index (κ2) is 10.9. The summed E-state index contributed by atoms with van der Waals surface area (Å²) >= 11 is 0. The van der Waals surface area contributed by atoms with Crippen LogP contribution in [0.4, 0.5) is 0 Å². The Balaban J connectivity index is 1.48. The van der Waals surface area contributed by atoms with Crippen molar-refractivity contribution in [2.45, 2.75) is 118 Å². The van der Waals surface area contributed by atoms with Gasteiger partial charge in [-0.25, -0.2) is 4.79 Å². The summed E-state index contributed by atoms with van der Waals surface area (Å²) in [5, 5.41) is 81.5. The van der Waals surface area contributed by atoms with E-state index in [0.717, 1.165) is 0 Å². The molecule has 2 aliphatic carbocycles. The minimum absolute atomic E-state index is 0.0924. The van der Waals surface area contributed by atoms with Crippen LogP contribution in [-0.4, -0.2) is 138 Å². The molecule has 0 spiro atoms. The minimum atomic E-state index is -1.65. The van der Waals surface area contributed by atoms with E-state index in [9.17, 15) is 45.6 Å². The number of hydrogen-bond donors (Lipinski definition) is 8. The molecule has 0 aromatic heterocycles. The van der Waals surface area contributed by atoms with E-state index in [1.807, 2.05) is 0 Å². The van der Waals surface area contributed by atoms with Crippen LogP contribution in [0.5, 0.6) is 0 Å². The lowest BCUT2D eigenvalue weighted by Crippen LogP contribution is -2.68. The molecule has 3 saturated heterocycles. The fraction of sp³-hybridized carbons (Fsp3) is 0.958. The number of carboxylic acids is 1. The summed E-state index contributed by atoms with van der Waals surface area (Å²) in [6.07, 6.45) is -11.6. The van der Waals surface area contributed by atoms with Gasteiger partial charge >= 0.3 is 5.97 Å². The Kier molecular flexibility index (Phi) is 8.12. The smallest absolute Gasteiger partial charge is 0.332 e. The Morgan fingerprint density at radius 3 is 2.32 bits per heavy atom. The molecule has 0 radical (unpaired) electrons. The first-order valence-corrected chi connectivity index (χ1v) is 13.2. The van der Waals surface area contributed by atoms with Crippen LogP contribution >= 0.6 is 0 Å². The molecule has 5 rings (SSSR count). The number of ether oxygens (including phenoxy) is 4. The van der Waals surface area contributed by atoms with Gasteiger partial charge in [0.2, 0.25) is 0 Å². The molecule has 2 saturated carbocycles. The number of aliphatic hydroxyl groups is 9. The predicted molar refractivity (Wildman–Crippen MR) is 121 cm³/mol. The van der Waals surface area contributed by atoms with Gasteiger partial charge in [-0.3, -0.25) is 0 Å². The third-order valence-corrected chi connectivity index (χ3v) is 9.05. The van der Waals surface area contributed by atoms with Gasteiger partial charge in [0.05, 0.1) is 36.9 Å². The van der Waals surface area contributed by atoms with Crippen molar-refractivity contribution in [1.82, 2.24) is 0 Å². The van der Waals surface area contributed by atoms with Crippen LogP contribution in [0.3, 0.4) is 0 Å². The Hall–Kier alpha value is -0.970. The van der Waals surface area contributed by atoms with Crippen molar-refractivity contribution < 1.29 is 64.6 Å². The number of carboxylic acid groups (broad SMARTS) is 1. The molecule has 5 aliphatic rings. The van der Waals surface area contributed by atoms with Crippen molar-refractivity contribution in [3.8, 4) is 0 Å². The van der Waals surface area contributed by atoms with Crippen LogP contribution in [0.15, 0.2) is 0 Å². The van der Waals surface area contributed by atoms with Crippen molar-refractivity contribution in [3.05, 3.63) is 0 Å². The fourth-order valence-electron chi connectivity index (χ4n) is 7.19. The molecule has 11 unspecified atom stereocenters. The van der Waals surface area contributed by atoms with Crippen LogP contribution in [0.25, 0.3) is 0 Å². The summed E-state index contributed by atoms with van der Waals surface area (Å²) in [5.74, 6) is -2.06. The molecular formula is C24H39O13+. The van der Waals surface area contributed by atoms with Crippen LogP contribution in [0, 0.1) is 17.8 Å². The van der Waals surface area contributed by atoms with Gasteiger partial charge in [-0.05, 0) is 25.7 Å². The molecule has 0 aromatic carbocycles. The fourth-order valence-corrected chi connectivity index (χ4v) is 7.19. The van der Waals surface area contributed by atoms with Crippen molar-refractivity contribution in [2.75, 3.05) is 6.61 Å². The largest absolute Gasteiger partial charge is 0.479 e. The van der Waals surface area contributed by atoms with Crippen LogP contribution in [0.1, 0.15) is 38.5 Å². The maximum Gasteiger partial charge on any atom is 0.332 e. The molecule has 13 heteroatoms. The summed E-state index contributed by atoms with van der Waals surface area (Å²) in [5.41, 5.74) is 0. The summed E-state index contributed by atoms with van der Waals surface area (Å²) in [6.45, 7) is -0.626. The average Bonchev–Trinajstić information content (AvgIpc) is 2.86. The van der Waals surface area contributed by atoms with Crippen LogP contribution < -0.4 is 0 Å². The molecule has 212 valence electrons. The van der Waals surface area contributed by atoms with Gasteiger partial charge in [-0.2, -0.15) is 0 Å². The third kappa shape index (κ3) is 5.16. The lowest BCUT2D eigenvalue weighted by Gasteiger charge is -2.55. The van der Waals surface area contributed by atoms with Crippen molar-refractivity contribution >= 4 is 5.97 Å². The Bertz CT molecular complexity index is 812. The number of aliphatic hydroxyl groups excluding tert-OH is 7. The zero-order chi connectivity index (χ0) is 26.6. The number of rotatable bonds is 5.